The summed E-state index contributed by atoms with van der Waals surface area (Å²) in [4.78, 5) is 16.0. The molecule has 2 heterocycles. The van der Waals surface area contributed by atoms with Gasteiger partial charge in [0.2, 0.25) is 0 Å². The van der Waals surface area contributed by atoms with E-state index in [1.165, 1.54) is 12.4 Å². The molecule has 6 nitrogen and oxygen atoms in total. The third-order valence-electron chi connectivity index (χ3n) is 2.99. The summed E-state index contributed by atoms with van der Waals surface area (Å²) in [5.41, 5.74) is -0.281. The van der Waals surface area contributed by atoms with E-state index >= 15 is 0 Å². The van der Waals surface area contributed by atoms with Crippen LogP contribution in [0.1, 0.15) is 13.3 Å². The summed E-state index contributed by atoms with van der Waals surface area (Å²) >= 11 is 3.26. The van der Waals surface area contributed by atoms with Crippen molar-refractivity contribution in [1.82, 2.24) is 4.98 Å². The van der Waals surface area contributed by atoms with Crippen LogP contribution in [0, 0.1) is 10.1 Å². The maximum atomic E-state index is 10.9. The van der Waals surface area contributed by atoms with Crippen LogP contribution in [0.2, 0.25) is 0 Å². The molecule has 0 aromatic carbocycles. The molecule has 0 amide bonds. The maximum Gasteiger partial charge on any atom is 0.311 e. The van der Waals surface area contributed by atoms with Gasteiger partial charge in [-0.05, 0) is 22.4 Å². The summed E-state index contributed by atoms with van der Waals surface area (Å²) < 4.78 is 0.574. The van der Waals surface area contributed by atoms with Gasteiger partial charge in [0.15, 0.2) is 0 Å². The van der Waals surface area contributed by atoms with E-state index in [1.807, 2.05) is 6.92 Å². The van der Waals surface area contributed by atoms with E-state index in [4.69, 9.17) is 0 Å². The Morgan fingerprint density at radius 3 is 2.82 bits per heavy atom. The van der Waals surface area contributed by atoms with Crippen LogP contribution in [0.5, 0.6) is 0 Å². The zero-order valence-corrected chi connectivity index (χ0v) is 10.8. The van der Waals surface area contributed by atoms with Gasteiger partial charge in [-0.3, -0.25) is 15.1 Å². The Morgan fingerprint density at radius 1 is 1.65 bits per heavy atom. The summed E-state index contributed by atoms with van der Waals surface area (Å²) in [7, 11) is 0. The fourth-order valence-corrected chi connectivity index (χ4v) is 2.48. The van der Waals surface area contributed by atoms with Crippen molar-refractivity contribution >= 4 is 27.3 Å². The van der Waals surface area contributed by atoms with Crippen molar-refractivity contribution in [3.63, 3.8) is 0 Å². The first kappa shape index (κ1) is 12.3. The average Bonchev–Trinajstić information content (AvgIpc) is 2.24. The molecule has 17 heavy (non-hydrogen) atoms. The summed E-state index contributed by atoms with van der Waals surface area (Å²) in [6.45, 7) is 2.72. The number of β-amino-alcohol motifs (C(OH)–C–C–N with tert-alkyl or cyclic N) is 1. The van der Waals surface area contributed by atoms with Gasteiger partial charge in [0, 0.05) is 19.3 Å². The van der Waals surface area contributed by atoms with Crippen LogP contribution in [0.15, 0.2) is 16.9 Å². The molecule has 0 bridgehead atoms. The number of aromatic nitrogens is 1. The summed E-state index contributed by atoms with van der Waals surface area (Å²) in [6, 6.07) is 0. The Balaban J connectivity index is 2.31. The molecule has 1 fully saturated rings. The van der Waals surface area contributed by atoms with Gasteiger partial charge < -0.3 is 10.0 Å². The molecule has 0 saturated carbocycles. The highest BCUT2D eigenvalue weighted by molar-refractivity contribution is 9.10. The smallest absolute Gasteiger partial charge is 0.311 e. The number of hydrogen-bond acceptors (Lipinski definition) is 5. The number of nitrogens with zero attached hydrogens (tertiary/aromatic N) is 3. The van der Waals surface area contributed by atoms with Crippen LogP contribution in [-0.4, -0.2) is 33.7 Å². The Hall–Kier alpha value is -1.21. The second kappa shape index (κ2) is 4.23. The predicted molar refractivity (Wildman–Crippen MR) is 66.0 cm³/mol. The highest BCUT2D eigenvalue weighted by Crippen LogP contribution is 2.40. The Kier molecular flexibility index (Phi) is 3.05. The lowest BCUT2D eigenvalue weighted by molar-refractivity contribution is -0.384. The molecule has 0 spiro atoms. The van der Waals surface area contributed by atoms with Gasteiger partial charge in [-0.1, -0.05) is 6.92 Å². The van der Waals surface area contributed by atoms with Crippen LogP contribution >= 0.6 is 15.9 Å². The van der Waals surface area contributed by atoms with Crippen molar-refractivity contribution in [2.45, 2.75) is 18.9 Å². The van der Waals surface area contributed by atoms with Gasteiger partial charge in [-0.15, -0.1) is 0 Å². The molecule has 0 radical (unpaired) electrons. The molecule has 0 atom stereocenters. The minimum absolute atomic E-state index is 0.0440. The van der Waals surface area contributed by atoms with Crippen LogP contribution in [0.25, 0.3) is 0 Å². The molecule has 1 aromatic heterocycles. The van der Waals surface area contributed by atoms with E-state index in [0.717, 1.165) is 0 Å². The number of hydrogen-bond donors (Lipinski definition) is 1. The van der Waals surface area contributed by atoms with Crippen LogP contribution in [-0.2, 0) is 0 Å². The van der Waals surface area contributed by atoms with Crippen LogP contribution in [0.3, 0.4) is 0 Å². The molecule has 2 rings (SSSR count). The van der Waals surface area contributed by atoms with Crippen molar-refractivity contribution in [3.8, 4) is 0 Å². The minimum atomic E-state index is -0.726. The van der Waals surface area contributed by atoms with E-state index in [2.05, 4.69) is 20.9 Å². The highest BCUT2D eigenvalue weighted by Gasteiger charge is 2.42. The Labute approximate surface area is 107 Å². The minimum Gasteiger partial charge on any atom is -0.386 e. The predicted octanol–water partition coefficient (Wildman–Crippen LogP) is 1.71. The molecule has 1 N–H and O–H groups in total. The zero-order valence-electron chi connectivity index (χ0n) is 9.26. The molecule has 92 valence electrons. The first-order valence-corrected chi connectivity index (χ1v) is 6.01. The van der Waals surface area contributed by atoms with E-state index in [-0.39, 0.29) is 5.69 Å². The van der Waals surface area contributed by atoms with E-state index in [9.17, 15) is 15.2 Å². The molecule has 1 aliphatic heterocycles. The standard InChI is InChI=1S/C10H12BrN3O3/c1-2-10(15)5-13(6-10)9-7(11)3-12-4-8(9)14(16)17/h3-4,15H,2,5-6H2,1H3. The fraction of sp³-hybridized carbons (Fsp3) is 0.500. The number of halogens is 1. The molecule has 0 unspecified atom stereocenters. The van der Waals surface area contributed by atoms with Gasteiger partial charge >= 0.3 is 5.69 Å². The van der Waals surface area contributed by atoms with Gasteiger partial charge in [0.1, 0.15) is 11.9 Å². The fourth-order valence-electron chi connectivity index (χ4n) is 1.91. The Bertz CT molecular complexity index is 460. The molecule has 1 saturated heterocycles. The second-order valence-corrected chi connectivity index (χ2v) is 5.03. The maximum absolute atomic E-state index is 10.9. The molecular weight excluding hydrogens is 290 g/mol. The lowest BCUT2D eigenvalue weighted by Crippen LogP contribution is -2.61. The van der Waals surface area contributed by atoms with Crippen molar-refractivity contribution in [2.24, 2.45) is 0 Å². The summed E-state index contributed by atoms with van der Waals surface area (Å²) in [6.07, 6.45) is 3.38. The third kappa shape index (κ3) is 2.12. The van der Waals surface area contributed by atoms with E-state index < -0.39 is 10.5 Å². The Morgan fingerprint density at radius 2 is 2.29 bits per heavy atom. The van der Waals surface area contributed by atoms with E-state index in [0.29, 0.717) is 29.7 Å². The van der Waals surface area contributed by atoms with Gasteiger partial charge in [-0.25, -0.2) is 0 Å². The normalized spacial score (nSPS) is 17.7. The first-order valence-electron chi connectivity index (χ1n) is 5.22. The summed E-state index contributed by atoms with van der Waals surface area (Å²) in [5.74, 6) is 0. The van der Waals surface area contributed by atoms with Crippen molar-refractivity contribution in [2.75, 3.05) is 18.0 Å². The van der Waals surface area contributed by atoms with Crippen molar-refractivity contribution in [1.29, 1.82) is 0 Å². The van der Waals surface area contributed by atoms with E-state index in [1.54, 1.807) is 4.90 Å². The molecule has 0 aliphatic carbocycles. The number of aliphatic hydroxyl groups is 1. The largest absolute Gasteiger partial charge is 0.386 e. The molecule has 1 aromatic rings. The lowest BCUT2D eigenvalue weighted by Gasteiger charge is -2.47. The average molecular weight is 302 g/mol. The first-order chi connectivity index (χ1) is 7.97. The molecule has 7 heteroatoms. The number of anilines is 1. The topological polar surface area (TPSA) is 79.5 Å². The van der Waals surface area contributed by atoms with Crippen LogP contribution in [0.4, 0.5) is 11.4 Å². The zero-order chi connectivity index (χ0) is 12.6. The molecule has 1 aliphatic rings. The van der Waals surface area contributed by atoms with Crippen LogP contribution < -0.4 is 4.90 Å². The number of rotatable bonds is 3. The van der Waals surface area contributed by atoms with Gasteiger partial charge in [0.25, 0.3) is 0 Å². The number of nitro groups is 1. The van der Waals surface area contributed by atoms with Crippen molar-refractivity contribution in [3.05, 3.63) is 27.0 Å². The lowest BCUT2D eigenvalue weighted by atomic mass is 9.91. The van der Waals surface area contributed by atoms with Gasteiger partial charge in [-0.2, -0.15) is 0 Å². The SMILES string of the molecule is CCC1(O)CN(c2c(Br)cncc2[N+](=O)[O-])C1. The van der Waals surface area contributed by atoms with Crippen molar-refractivity contribution < 1.29 is 10.0 Å². The third-order valence-corrected chi connectivity index (χ3v) is 3.58. The monoisotopic (exact) mass is 301 g/mol. The summed E-state index contributed by atoms with van der Waals surface area (Å²) in [5, 5.41) is 20.8. The quantitative estimate of drug-likeness (QED) is 0.679. The molecular formula is C10H12BrN3O3. The van der Waals surface area contributed by atoms with Gasteiger partial charge in [0.05, 0.1) is 15.0 Å². The number of pyridine rings is 1. The highest BCUT2D eigenvalue weighted by atomic mass is 79.9. The second-order valence-electron chi connectivity index (χ2n) is 4.18.